The van der Waals surface area contributed by atoms with Gasteiger partial charge in [-0.05, 0) is 34.4 Å². The first-order valence-corrected chi connectivity index (χ1v) is 8.20. The minimum Gasteiger partial charge on any atom is -0.282 e. The summed E-state index contributed by atoms with van der Waals surface area (Å²) in [6, 6.07) is 9.09. The van der Waals surface area contributed by atoms with E-state index in [4.69, 9.17) is 0 Å². The van der Waals surface area contributed by atoms with E-state index in [2.05, 4.69) is 13.8 Å². The topological polar surface area (TPSA) is 54.4 Å². The summed E-state index contributed by atoms with van der Waals surface area (Å²) in [5, 5.41) is 1.55. The summed E-state index contributed by atoms with van der Waals surface area (Å²) in [6.07, 6.45) is 0. The Balaban J connectivity index is 3.01. The molecule has 0 fully saturated rings. The van der Waals surface area contributed by atoms with Gasteiger partial charge in [-0.1, -0.05) is 52.0 Å². The third-order valence-corrected chi connectivity index (χ3v) is 4.49. The van der Waals surface area contributed by atoms with Crippen LogP contribution in [0.2, 0.25) is 0 Å². The maximum Gasteiger partial charge on any atom is 0.295 e. The van der Waals surface area contributed by atoms with Crippen molar-refractivity contribution in [2.75, 3.05) is 0 Å². The molecule has 2 aromatic rings. The average Bonchev–Trinajstić information content (AvgIpc) is 2.34. The monoisotopic (exact) mass is 292 g/mol. The minimum absolute atomic E-state index is 0.00111. The van der Waals surface area contributed by atoms with Crippen LogP contribution in [0.1, 0.15) is 50.7 Å². The Morgan fingerprint density at radius 2 is 1.50 bits per heavy atom. The minimum atomic E-state index is -4.23. The molecule has 4 heteroatoms. The maximum atomic E-state index is 11.7. The zero-order valence-electron chi connectivity index (χ0n) is 12.2. The predicted octanol–water partition coefficient (Wildman–Crippen LogP) is 4.33. The van der Waals surface area contributed by atoms with Gasteiger partial charge in [-0.3, -0.25) is 4.55 Å². The highest BCUT2D eigenvalue weighted by atomic mass is 32.2. The number of benzene rings is 2. The Bertz CT molecular complexity index is 744. The van der Waals surface area contributed by atoms with Gasteiger partial charge in [0.1, 0.15) is 4.90 Å². The fourth-order valence-corrected chi connectivity index (χ4v) is 3.35. The average molecular weight is 292 g/mol. The molecular weight excluding hydrogens is 272 g/mol. The van der Waals surface area contributed by atoms with Crippen molar-refractivity contribution in [3.05, 3.63) is 41.5 Å². The molecule has 1 N–H and O–H groups in total. The van der Waals surface area contributed by atoms with Gasteiger partial charge in [0.05, 0.1) is 0 Å². The van der Waals surface area contributed by atoms with Crippen molar-refractivity contribution < 1.29 is 13.0 Å². The standard InChI is InChI=1S/C16H20O3S/c1-10(2)12-8-9-15(20(17,18)19)16-13(11(3)4)6-5-7-14(12)16/h5-11H,1-4H3,(H,17,18,19). The first-order chi connectivity index (χ1) is 9.23. The highest BCUT2D eigenvalue weighted by Crippen LogP contribution is 2.35. The molecule has 0 aliphatic heterocycles. The highest BCUT2D eigenvalue weighted by molar-refractivity contribution is 7.86. The summed E-state index contributed by atoms with van der Waals surface area (Å²) in [7, 11) is -4.23. The zero-order chi connectivity index (χ0) is 15.1. The molecule has 0 amide bonds. The summed E-state index contributed by atoms with van der Waals surface area (Å²) >= 11 is 0. The summed E-state index contributed by atoms with van der Waals surface area (Å²) in [5.41, 5.74) is 2.03. The van der Waals surface area contributed by atoms with Gasteiger partial charge in [-0.2, -0.15) is 8.42 Å². The molecule has 0 saturated carbocycles. The first kappa shape index (κ1) is 15.0. The first-order valence-electron chi connectivity index (χ1n) is 6.76. The second kappa shape index (κ2) is 5.19. The van der Waals surface area contributed by atoms with Gasteiger partial charge in [0.25, 0.3) is 10.1 Å². The summed E-state index contributed by atoms with van der Waals surface area (Å²) in [4.78, 5) is 0.00111. The van der Waals surface area contributed by atoms with Crippen LogP contribution in [0, 0.1) is 0 Å². The molecule has 0 unspecified atom stereocenters. The highest BCUT2D eigenvalue weighted by Gasteiger charge is 2.20. The van der Waals surface area contributed by atoms with E-state index in [1.165, 1.54) is 6.07 Å². The van der Waals surface area contributed by atoms with E-state index in [0.717, 1.165) is 16.5 Å². The van der Waals surface area contributed by atoms with E-state index in [0.29, 0.717) is 5.39 Å². The van der Waals surface area contributed by atoms with Gasteiger partial charge in [0, 0.05) is 5.39 Å². The van der Waals surface area contributed by atoms with Crippen molar-refractivity contribution in [1.29, 1.82) is 0 Å². The lowest BCUT2D eigenvalue weighted by atomic mass is 9.90. The van der Waals surface area contributed by atoms with E-state index in [1.807, 2.05) is 32.0 Å². The van der Waals surface area contributed by atoms with Crippen LogP contribution in [0.3, 0.4) is 0 Å². The van der Waals surface area contributed by atoms with E-state index in [9.17, 15) is 13.0 Å². The summed E-state index contributed by atoms with van der Waals surface area (Å²) in [6.45, 7) is 8.18. The SMILES string of the molecule is CC(C)c1ccc(S(=O)(=O)O)c2c(C(C)C)cccc12. The molecule has 0 aliphatic rings. The molecule has 0 aromatic heterocycles. The second-order valence-corrected chi connectivity index (χ2v) is 7.10. The van der Waals surface area contributed by atoms with Crippen LogP contribution < -0.4 is 0 Å². The van der Waals surface area contributed by atoms with Gasteiger partial charge in [0.2, 0.25) is 0 Å². The van der Waals surface area contributed by atoms with Gasteiger partial charge >= 0.3 is 0 Å². The third-order valence-electron chi connectivity index (χ3n) is 3.59. The maximum absolute atomic E-state index is 11.7. The van der Waals surface area contributed by atoms with Crippen molar-refractivity contribution in [3.8, 4) is 0 Å². The lowest BCUT2D eigenvalue weighted by Crippen LogP contribution is -2.04. The molecule has 108 valence electrons. The molecule has 0 atom stereocenters. The van der Waals surface area contributed by atoms with Crippen molar-refractivity contribution in [2.24, 2.45) is 0 Å². The van der Waals surface area contributed by atoms with Crippen LogP contribution in [-0.4, -0.2) is 13.0 Å². The molecule has 0 aliphatic carbocycles. The summed E-state index contributed by atoms with van der Waals surface area (Å²) in [5.74, 6) is 0.469. The van der Waals surface area contributed by atoms with Gasteiger partial charge in [-0.15, -0.1) is 0 Å². The molecule has 3 nitrogen and oxygen atoms in total. The van der Waals surface area contributed by atoms with Crippen LogP contribution in [0.4, 0.5) is 0 Å². The Hall–Kier alpha value is -1.39. The fraction of sp³-hybridized carbons (Fsp3) is 0.375. The fourth-order valence-electron chi connectivity index (χ4n) is 2.62. The molecule has 0 bridgehead atoms. The number of fused-ring (bicyclic) bond motifs is 1. The Morgan fingerprint density at radius 1 is 0.900 bits per heavy atom. The van der Waals surface area contributed by atoms with Crippen molar-refractivity contribution in [2.45, 2.75) is 44.4 Å². The smallest absolute Gasteiger partial charge is 0.282 e. The Morgan fingerprint density at radius 3 is 2.00 bits per heavy atom. The molecule has 20 heavy (non-hydrogen) atoms. The number of hydrogen-bond acceptors (Lipinski definition) is 2. The van der Waals surface area contributed by atoms with Crippen LogP contribution in [0.25, 0.3) is 10.8 Å². The van der Waals surface area contributed by atoms with Gasteiger partial charge in [-0.25, -0.2) is 0 Å². The predicted molar refractivity (Wildman–Crippen MR) is 81.9 cm³/mol. The van der Waals surface area contributed by atoms with E-state index in [-0.39, 0.29) is 16.7 Å². The third kappa shape index (κ3) is 2.58. The quantitative estimate of drug-likeness (QED) is 0.856. The van der Waals surface area contributed by atoms with Gasteiger partial charge < -0.3 is 0 Å². The number of hydrogen-bond donors (Lipinski definition) is 1. The molecule has 0 saturated heterocycles. The normalized spacial score (nSPS) is 12.6. The van der Waals surface area contributed by atoms with Crippen LogP contribution in [0.5, 0.6) is 0 Å². The number of rotatable bonds is 3. The van der Waals surface area contributed by atoms with E-state index < -0.39 is 10.1 Å². The lowest BCUT2D eigenvalue weighted by Gasteiger charge is -2.17. The molecule has 2 aromatic carbocycles. The van der Waals surface area contributed by atoms with Crippen molar-refractivity contribution in [3.63, 3.8) is 0 Å². The molecule has 0 spiro atoms. The van der Waals surface area contributed by atoms with E-state index in [1.54, 1.807) is 6.07 Å². The lowest BCUT2D eigenvalue weighted by molar-refractivity contribution is 0.484. The van der Waals surface area contributed by atoms with E-state index >= 15 is 0 Å². The largest absolute Gasteiger partial charge is 0.295 e. The van der Waals surface area contributed by atoms with Crippen molar-refractivity contribution >= 4 is 20.9 Å². The summed E-state index contributed by atoms with van der Waals surface area (Å²) < 4.78 is 32.8. The zero-order valence-corrected chi connectivity index (χ0v) is 13.0. The van der Waals surface area contributed by atoms with Crippen LogP contribution >= 0.6 is 0 Å². The van der Waals surface area contributed by atoms with Crippen LogP contribution in [0.15, 0.2) is 35.2 Å². The molecule has 2 rings (SSSR count). The Labute approximate surface area is 120 Å². The second-order valence-electron chi connectivity index (χ2n) is 5.71. The molecule has 0 heterocycles. The van der Waals surface area contributed by atoms with Gasteiger partial charge in [0.15, 0.2) is 0 Å². The molecular formula is C16H20O3S. The van der Waals surface area contributed by atoms with Crippen molar-refractivity contribution in [1.82, 2.24) is 0 Å². The Kier molecular flexibility index (Phi) is 3.89. The van der Waals surface area contributed by atoms with Crippen LogP contribution in [-0.2, 0) is 10.1 Å². The molecule has 0 radical (unpaired) electrons.